The second kappa shape index (κ2) is 12.5. The molecule has 0 bridgehead atoms. The van der Waals surface area contributed by atoms with E-state index in [9.17, 15) is 14.4 Å². The zero-order valence-electron chi connectivity index (χ0n) is 18.8. The SMILES string of the molecule is COC(=O)CCCCNCCC(=O)N1CCCC1c1cc(C(=O)Nc2ncc(Cl)s2)c(C)s1. The first-order chi connectivity index (χ1) is 15.9. The molecule has 1 aliphatic heterocycles. The lowest BCUT2D eigenvalue weighted by Crippen LogP contribution is -2.32. The summed E-state index contributed by atoms with van der Waals surface area (Å²) in [4.78, 5) is 44.6. The molecule has 0 aromatic carbocycles. The van der Waals surface area contributed by atoms with Crippen molar-refractivity contribution in [1.29, 1.82) is 0 Å². The molecule has 0 saturated carbocycles. The normalized spacial score (nSPS) is 15.6. The van der Waals surface area contributed by atoms with Gasteiger partial charge in [-0.1, -0.05) is 22.9 Å². The fraction of sp³-hybridized carbons (Fsp3) is 0.545. The Morgan fingerprint density at radius 3 is 2.79 bits per heavy atom. The minimum atomic E-state index is -0.215. The molecule has 2 N–H and O–H groups in total. The standard InChI is InChI=1S/C22H29ClN4O4S2/c1-14-15(21(30)26-22-25-13-18(23)33-22)12-17(32-14)16-6-5-11-27(16)19(28)8-10-24-9-4-3-7-20(29)31-2/h12-13,16,24H,3-11H2,1-2H3,(H,25,26,30). The molecule has 1 unspecified atom stereocenters. The monoisotopic (exact) mass is 512 g/mol. The van der Waals surface area contributed by atoms with Gasteiger partial charge in [0.25, 0.3) is 5.91 Å². The number of thiazole rings is 1. The largest absolute Gasteiger partial charge is 0.469 e. The number of amides is 2. The smallest absolute Gasteiger partial charge is 0.305 e. The zero-order chi connectivity index (χ0) is 23.8. The highest BCUT2D eigenvalue weighted by Gasteiger charge is 2.31. The Morgan fingerprint density at radius 2 is 2.06 bits per heavy atom. The third-order valence-electron chi connectivity index (χ3n) is 5.51. The molecule has 1 aliphatic rings. The maximum Gasteiger partial charge on any atom is 0.305 e. The van der Waals surface area contributed by atoms with Crippen molar-refractivity contribution in [1.82, 2.24) is 15.2 Å². The van der Waals surface area contributed by atoms with Crippen LogP contribution in [0.25, 0.3) is 0 Å². The van der Waals surface area contributed by atoms with Crippen LogP contribution in [-0.4, -0.2) is 54.4 Å². The lowest BCUT2D eigenvalue weighted by Gasteiger charge is -2.24. The first-order valence-corrected chi connectivity index (χ1v) is 13.0. The van der Waals surface area contributed by atoms with E-state index in [2.05, 4.69) is 20.4 Å². The molecule has 0 aliphatic carbocycles. The molecule has 0 radical (unpaired) electrons. The molecule has 3 heterocycles. The summed E-state index contributed by atoms with van der Waals surface area (Å²) in [6.07, 6.45) is 5.84. The van der Waals surface area contributed by atoms with Crippen molar-refractivity contribution in [2.24, 2.45) is 0 Å². The Hall–Kier alpha value is -2.01. The third-order valence-corrected chi connectivity index (χ3v) is 7.69. The van der Waals surface area contributed by atoms with Crippen molar-refractivity contribution < 1.29 is 19.1 Å². The van der Waals surface area contributed by atoms with Gasteiger partial charge in [0.1, 0.15) is 4.34 Å². The molecule has 180 valence electrons. The van der Waals surface area contributed by atoms with Gasteiger partial charge in [0.05, 0.1) is 24.9 Å². The second-order valence-electron chi connectivity index (χ2n) is 7.82. The topological polar surface area (TPSA) is 101 Å². The number of aryl methyl sites for hydroxylation is 1. The Morgan fingerprint density at radius 1 is 1.24 bits per heavy atom. The Kier molecular flexibility index (Phi) is 9.66. The van der Waals surface area contributed by atoms with Crippen molar-refractivity contribution >= 4 is 57.2 Å². The quantitative estimate of drug-likeness (QED) is 0.342. The summed E-state index contributed by atoms with van der Waals surface area (Å²) in [7, 11) is 1.39. The molecule has 2 aromatic heterocycles. The van der Waals surface area contributed by atoms with Crippen LogP contribution in [0.1, 0.15) is 64.7 Å². The number of nitrogens with one attached hydrogen (secondary N) is 2. The van der Waals surface area contributed by atoms with Crippen LogP contribution in [0, 0.1) is 6.92 Å². The number of hydrogen-bond donors (Lipinski definition) is 2. The van der Waals surface area contributed by atoms with Crippen LogP contribution >= 0.6 is 34.3 Å². The van der Waals surface area contributed by atoms with Crippen LogP contribution in [0.4, 0.5) is 5.13 Å². The van der Waals surface area contributed by atoms with E-state index in [1.54, 1.807) is 11.3 Å². The molecule has 1 atom stereocenters. The number of ether oxygens (including phenoxy) is 1. The number of methoxy groups -OCH3 is 1. The maximum absolute atomic E-state index is 12.8. The molecular weight excluding hydrogens is 484 g/mol. The number of halogens is 1. The highest BCUT2D eigenvalue weighted by atomic mass is 35.5. The number of carbonyl (C=O) groups is 3. The summed E-state index contributed by atoms with van der Waals surface area (Å²) in [6, 6.07) is 1.91. The molecule has 8 nitrogen and oxygen atoms in total. The van der Waals surface area contributed by atoms with Crippen molar-refractivity contribution in [3.05, 3.63) is 31.9 Å². The van der Waals surface area contributed by atoms with E-state index in [0.29, 0.717) is 34.4 Å². The maximum atomic E-state index is 12.8. The predicted octanol–water partition coefficient (Wildman–Crippen LogP) is 4.41. The summed E-state index contributed by atoms with van der Waals surface area (Å²) in [5.41, 5.74) is 0.606. The van der Waals surface area contributed by atoms with Gasteiger partial charge in [-0.15, -0.1) is 11.3 Å². The number of nitrogens with zero attached hydrogens (tertiary/aromatic N) is 2. The van der Waals surface area contributed by atoms with Crippen LogP contribution in [0.2, 0.25) is 4.34 Å². The fourth-order valence-corrected chi connectivity index (χ4v) is 5.80. The van der Waals surface area contributed by atoms with Crippen molar-refractivity contribution in [2.45, 2.75) is 51.5 Å². The van der Waals surface area contributed by atoms with Crippen molar-refractivity contribution in [2.75, 3.05) is 32.1 Å². The molecule has 33 heavy (non-hydrogen) atoms. The summed E-state index contributed by atoms with van der Waals surface area (Å²) in [6.45, 7) is 4.02. The van der Waals surface area contributed by atoms with E-state index in [1.807, 2.05) is 17.9 Å². The summed E-state index contributed by atoms with van der Waals surface area (Å²) in [5, 5.41) is 6.53. The van der Waals surface area contributed by atoms with Gasteiger partial charge in [-0.2, -0.15) is 0 Å². The molecular formula is C22H29ClN4O4S2. The van der Waals surface area contributed by atoms with Crippen LogP contribution in [0.3, 0.4) is 0 Å². The Balaban J connectivity index is 1.49. The number of anilines is 1. The van der Waals surface area contributed by atoms with E-state index < -0.39 is 0 Å². The molecule has 1 saturated heterocycles. The predicted molar refractivity (Wildman–Crippen MR) is 131 cm³/mol. The fourth-order valence-electron chi connectivity index (χ4n) is 3.82. The number of likely N-dealkylation sites (tertiary alicyclic amines) is 1. The number of thiophene rings is 1. The summed E-state index contributed by atoms with van der Waals surface area (Å²) < 4.78 is 5.14. The average Bonchev–Trinajstić information content (AvgIpc) is 3.52. The van der Waals surface area contributed by atoms with E-state index in [-0.39, 0.29) is 23.8 Å². The van der Waals surface area contributed by atoms with Crippen LogP contribution in [0.5, 0.6) is 0 Å². The number of carbonyl (C=O) groups excluding carboxylic acids is 3. The van der Waals surface area contributed by atoms with E-state index in [1.165, 1.54) is 24.6 Å². The Bertz CT molecular complexity index is 978. The van der Waals surface area contributed by atoms with Gasteiger partial charge in [0.15, 0.2) is 5.13 Å². The number of esters is 1. The van der Waals surface area contributed by atoms with Crippen LogP contribution < -0.4 is 10.6 Å². The number of rotatable bonds is 11. The van der Waals surface area contributed by atoms with Crippen LogP contribution in [-0.2, 0) is 14.3 Å². The molecule has 2 aromatic rings. The third kappa shape index (κ3) is 7.23. The lowest BCUT2D eigenvalue weighted by atomic mass is 10.1. The molecule has 1 fully saturated rings. The molecule has 11 heteroatoms. The summed E-state index contributed by atoms with van der Waals surface area (Å²) >= 11 is 8.67. The highest BCUT2D eigenvalue weighted by Crippen LogP contribution is 2.38. The zero-order valence-corrected chi connectivity index (χ0v) is 21.2. The molecule has 0 spiro atoms. The minimum absolute atomic E-state index is 0.0112. The van der Waals surface area contributed by atoms with Crippen molar-refractivity contribution in [3.8, 4) is 0 Å². The first-order valence-electron chi connectivity index (χ1n) is 11.0. The Labute approximate surface area is 206 Å². The van der Waals surface area contributed by atoms with E-state index >= 15 is 0 Å². The van der Waals surface area contributed by atoms with Crippen LogP contribution in [0.15, 0.2) is 12.3 Å². The van der Waals surface area contributed by atoms with Gasteiger partial charge < -0.3 is 15.0 Å². The van der Waals surface area contributed by atoms with Gasteiger partial charge in [-0.25, -0.2) is 4.98 Å². The number of aromatic nitrogens is 1. The summed E-state index contributed by atoms with van der Waals surface area (Å²) in [5.74, 6) is -0.287. The number of unbranched alkanes of at least 4 members (excludes halogenated alkanes) is 1. The van der Waals surface area contributed by atoms with Gasteiger partial charge in [0.2, 0.25) is 5.91 Å². The first kappa shape index (κ1) is 25.6. The van der Waals surface area contributed by atoms with E-state index in [4.69, 9.17) is 11.6 Å². The van der Waals surface area contributed by atoms with E-state index in [0.717, 1.165) is 48.5 Å². The van der Waals surface area contributed by atoms with Crippen molar-refractivity contribution in [3.63, 3.8) is 0 Å². The number of hydrogen-bond acceptors (Lipinski definition) is 8. The van der Waals surface area contributed by atoms with Gasteiger partial charge >= 0.3 is 5.97 Å². The van der Waals surface area contributed by atoms with Gasteiger partial charge in [-0.3, -0.25) is 19.7 Å². The molecule has 2 amide bonds. The molecule has 3 rings (SSSR count). The second-order valence-corrected chi connectivity index (χ2v) is 10.8. The van der Waals surface area contributed by atoms with Gasteiger partial charge in [0, 0.05) is 35.7 Å². The van der Waals surface area contributed by atoms with Gasteiger partial charge in [-0.05, 0) is 45.2 Å². The highest BCUT2D eigenvalue weighted by molar-refractivity contribution is 7.19. The lowest BCUT2D eigenvalue weighted by molar-refractivity contribution is -0.140. The average molecular weight is 513 g/mol. The minimum Gasteiger partial charge on any atom is -0.469 e.